The average molecular weight is 367 g/mol. The predicted octanol–water partition coefficient (Wildman–Crippen LogP) is 3.21. The van der Waals surface area contributed by atoms with Gasteiger partial charge in [-0.3, -0.25) is 4.99 Å². The zero-order valence-corrected chi connectivity index (χ0v) is 15.5. The molecule has 0 N–H and O–H groups in total. The van der Waals surface area contributed by atoms with Crippen LogP contribution < -0.4 is 9.47 Å². The van der Waals surface area contributed by atoms with Crippen molar-refractivity contribution in [1.29, 1.82) is 0 Å². The highest BCUT2D eigenvalue weighted by Crippen LogP contribution is 2.34. The average Bonchev–Trinajstić information content (AvgIpc) is 2.68. The van der Waals surface area contributed by atoms with Crippen molar-refractivity contribution < 1.29 is 23.8 Å². The van der Waals surface area contributed by atoms with Crippen LogP contribution in [-0.4, -0.2) is 37.4 Å². The van der Waals surface area contributed by atoms with Crippen molar-refractivity contribution in [3.63, 3.8) is 0 Å². The van der Waals surface area contributed by atoms with E-state index in [1.54, 1.807) is 43.3 Å². The molecule has 2 aromatic carbocycles. The van der Waals surface area contributed by atoms with Crippen LogP contribution in [0.4, 0.5) is 0 Å². The van der Waals surface area contributed by atoms with E-state index in [-0.39, 0.29) is 5.97 Å². The summed E-state index contributed by atoms with van der Waals surface area (Å²) in [7, 11) is 1.51. The largest absolute Gasteiger partial charge is 0.493 e. The summed E-state index contributed by atoms with van der Waals surface area (Å²) in [5.41, 5.74) is 2.86. The minimum atomic E-state index is -0.570. The predicted molar refractivity (Wildman–Crippen MR) is 101 cm³/mol. The normalized spacial score (nSPS) is 15.4. The van der Waals surface area contributed by atoms with Gasteiger partial charge in [0.2, 0.25) is 0 Å². The first-order chi connectivity index (χ1) is 13.0. The monoisotopic (exact) mass is 367 g/mol. The third kappa shape index (κ3) is 4.00. The van der Waals surface area contributed by atoms with E-state index < -0.39 is 12.0 Å². The molecule has 0 saturated heterocycles. The Morgan fingerprint density at radius 3 is 2.56 bits per heavy atom. The molecule has 0 saturated carbocycles. The molecule has 0 aliphatic carbocycles. The van der Waals surface area contributed by atoms with Crippen LogP contribution in [-0.2, 0) is 16.0 Å². The number of nitrogens with zero attached hydrogens (tertiary/aromatic N) is 1. The Bertz CT molecular complexity index is 889. The van der Waals surface area contributed by atoms with Gasteiger partial charge in [-0.2, -0.15) is 0 Å². The van der Waals surface area contributed by atoms with Crippen LogP contribution in [0.25, 0.3) is 0 Å². The molecule has 1 aliphatic heterocycles. The van der Waals surface area contributed by atoms with E-state index in [1.165, 1.54) is 7.11 Å². The van der Waals surface area contributed by atoms with E-state index in [0.717, 1.165) is 11.1 Å². The Balaban J connectivity index is 1.91. The van der Waals surface area contributed by atoms with Crippen LogP contribution in [0, 0.1) is 0 Å². The highest BCUT2D eigenvalue weighted by Gasteiger charge is 2.27. The van der Waals surface area contributed by atoms with Gasteiger partial charge in [0.25, 0.3) is 0 Å². The van der Waals surface area contributed by atoms with E-state index in [2.05, 4.69) is 4.99 Å². The summed E-state index contributed by atoms with van der Waals surface area (Å²) >= 11 is 0. The molecule has 140 valence electrons. The second kappa shape index (κ2) is 8.03. The lowest BCUT2D eigenvalue weighted by molar-refractivity contribution is -0.144. The van der Waals surface area contributed by atoms with Crippen molar-refractivity contribution in [2.45, 2.75) is 26.3 Å². The zero-order chi connectivity index (χ0) is 19.4. The third-order valence-electron chi connectivity index (χ3n) is 4.31. The maximum absolute atomic E-state index is 12.4. The smallest absolute Gasteiger partial charge is 0.343 e. The van der Waals surface area contributed by atoms with Crippen LogP contribution in [0.5, 0.6) is 11.5 Å². The molecule has 6 nitrogen and oxygen atoms in total. The van der Waals surface area contributed by atoms with Gasteiger partial charge in [-0.15, -0.1) is 0 Å². The lowest BCUT2D eigenvalue weighted by Crippen LogP contribution is -2.29. The number of esters is 2. The van der Waals surface area contributed by atoms with Crippen molar-refractivity contribution >= 4 is 17.7 Å². The Hall–Kier alpha value is -3.15. The molecule has 1 atom stereocenters. The van der Waals surface area contributed by atoms with Crippen LogP contribution in [0.3, 0.4) is 0 Å². The Kier molecular flexibility index (Phi) is 5.54. The van der Waals surface area contributed by atoms with Gasteiger partial charge in [-0.05, 0) is 43.7 Å². The molecule has 0 spiro atoms. The van der Waals surface area contributed by atoms with Gasteiger partial charge in [0, 0.05) is 17.7 Å². The molecule has 2 aromatic rings. The molecule has 6 heteroatoms. The van der Waals surface area contributed by atoms with Crippen molar-refractivity contribution in [3.8, 4) is 11.5 Å². The summed E-state index contributed by atoms with van der Waals surface area (Å²) < 4.78 is 16.0. The number of hydrogen-bond donors (Lipinski definition) is 0. The minimum absolute atomic E-state index is 0.314. The first-order valence-corrected chi connectivity index (χ1v) is 8.73. The summed E-state index contributed by atoms with van der Waals surface area (Å²) in [5, 5.41) is 0. The minimum Gasteiger partial charge on any atom is -0.493 e. The lowest BCUT2D eigenvalue weighted by atomic mass is 9.93. The first-order valence-electron chi connectivity index (χ1n) is 8.73. The maximum atomic E-state index is 12.4. The van der Waals surface area contributed by atoms with Gasteiger partial charge in [-0.25, -0.2) is 9.59 Å². The van der Waals surface area contributed by atoms with Crippen LogP contribution in [0.2, 0.25) is 0 Å². The molecule has 1 aliphatic rings. The number of ether oxygens (including phenoxy) is 3. The van der Waals surface area contributed by atoms with Gasteiger partial charge in [0.05, 0.1) is 19.3 Å². The van der Waals surface area contributed by atoms with Gasteiger partial charge in [0.15, 0.2) is 17.5 Å². The van der Waals surface area contributed by atoms with Crippen LogP contribution in [0.15, 0.2) is 47.5 Å². The van der Waals surface area contributed by atoms with E-state index >= 15 is 0 Å². The van der Waals surface area contributed by atoms with E-state index in [0.29, 0.717) is 35.8 Å². The second-order valence-corrected chi connectivity index (χ2v) is 6.10. The van der Waals surface area contributed by atoms with E-state index in [4.69, 9.17) is 14.2 Å². The van der Waals surface area contributed by atoms with Crippen LogP contribution in [0.1, 0.15) is 35.3 Å². The van der Waals surface area contributed by atoms with Gasteiger partial charge < -0.3 is 14.2 Å². The number of carbonyl (C=O) groups excluding carboxylic acids is 2. The fraction of sp³-hybridized carbons (Fsp3) is 0.286. The molecule has 0 radical (unpaired) electrons. The highest BCUT2D eigenvalue weighted by molar-refractivity contribution is 6.03. The number of hydrogen-bond acceptors (Lipinski definition) is 6. The molecule has 0 fully saturated rings. The maximum Gasteiger partial charge on any atom is 0.343 e. The first kappa shape index (κ1) is 18.6. The SMILES string of the molecule is CCOC(=O)[C@@H]1Cc2cc(OC)c(OC(=O)c3ccccc3)cc2C(C)=N1. The number of carbonyl (C=O) groups is 2. The van der Waals surface area contributed by atoms with Crippen molar-refractivity contribution in [2.75, 3.05) is 13.7 Å². The molecule has 0 aromatic heterocycles. The van der Waals surface area contributed by atoms with Crippen molar-refractivity contribution in [3.05, 3.63) is 59.2 Å². The van der Waals surface area contributed by atoms with E-state index in [1.807, 2.05) is 13.0 Å². The molecule has 3 rings (SSSR count). The number of rotatable bonds is 5. The Morgan fingerprint density at radius 2 is 1.89 bits per heavy atom. The summed E-state index contributed by atoms with van der Waals surface area (Å²) in [4.78, 5) is 28.9. The van der Waals surface area contributed by atoms with E-state index in [9.17, 15) is 9.59 Å². The van der Waals surface area contributed by atoms with Crippen molar-refractivity contribution in [1.82, 2.24) is 0 Å². The molecule has 27 heavy (non-hydrogen) atoms. The molecular formula is C21H21NO5. The number of methoxy groups -OCH3 is 1. The summed E-state index contributed by atoms with van der Waals surface area (Å²) in [6, 6.07) is 11.7. The summed E-state index contributed by atoms with van der Waals surface area (Å²) in [6.07, 6.45) is 0.411. The quantitative estimate of drug-likeness (QED) is 0.599. The Labute approximate surface area is 157 Å². The topological polar surface area (TPSA) is 74.2 Å². The second-order valence-electron chi connectivity index (χ2n) is 6.10. The Morgan fingerprint density at radius 1 is 1.15 bits per heavy atom. The van der Waals surface area contributed by atoms with Gasteiger partial charge in [0.1, 0.15) is 0 Å². The highest BCUT2D eigenvalue weighted by atomic mass is 16.6. The summed E-state index contributed by atoms with van der Waals surface area (Å²) in [5.74, 6) is -0.0747. The molecular weight excluding hydrogens is 346 g/mol. The number of aliphatic imine (C=N–C) groups is 1. The molecule has 0 bridgehead atoms. The van der Waals surface area contributed by atoms with Crippen molar-refractivity contribution in [2.24, 2.45) is 4.99 Å². The van der Waals surface area contributed by atoms with Gasteiger partial charge in [-0.1, -0.05) is 18.2 Å². The van der Waals surface area contributed by atoms with Gasteiger partial charge >= 0.3 is 11.9 Å². The third-order valence-corrected chi connectivity index (χ3v) is 4.31. The number of fused-ring (bicyclic) bond motifs is 1. The fourth-order valence-electron chi connectivity index (χ4n) is 3.01. The molecule has 1 heterocycles. The molecule has 0 amide bonds. The fourth-order valence-corrected chi connectivity index (χ4v) is 3.01. The molecule has 0 unspecified atom stereocenters. The standard InChI is InChI=1S/C21H21NO5/c1-4-26-21(24)17-10-15-11-18(25-3)19(12-16(15)13(2)22-17)27-20(23)14-8-6-5-7-9-14/h5-9,11-12,17H,4,10H2,1-3H3/t17-/m0/s1. The zero-order valence-electron chi connectivity index (χ0n) is 15.5. The van der Waals surface area contributed by atoms with Crippen LogP contribution >= 0.6 is 0 Å². The number of benzene rings is 2. The lowest BCUT2D eigenvalue weighted by Gasteiger charge is -2.22. The summed E-state index contributed by atoms with van der Waals surface area (Å²) in [6.45, 7) is 3.90.